The molecule has 1 aromatic rings. The normalized spacial score (nSPS) is 25.5. The molecule has 0 aliphatic heterocycles. The molecule has 1 heterocycles. The van der Waals surface area contributed by atoms with Crippen LogP contribution in [0.15, 0.2) is 12.4 Å². The Bertz CT molecular complexity index is 358. The van der Waals surface area contributed by atoms with Gasteiger partial charge in [-0.05, 0) is 32.4 Å². The molecule has 0 aromatic carbocycles. The van der Waals surface area contributed by atoms with E-state index >= 15 is 0 Å². The summed E-state index contributed by atoms with van der Waals surface area (Å²) in [6, 6.07) is 0.114. The highest BCUT2D eigenvalue weighted by atomic mass is 19.4. The lowest BCUT2D eigenvalue weighted by Crippen LogP contribution is -2.36. The molecule has 1 aliphatic rings. The third-order valence-electron chi connectivity index (χ3n) is 3.11. The fourth-order valence-corrected chi connectivity index (χ4v) is 2.07. The van der Waals surface area contributed by atoms with E-state index in [0.29, 0.717) is 5.92 Å². The summed E-state index contributed by atoms with van der Waals surface area (Å²) >= 11 is 0. The summed E-state index contributed by atoms with van der Waals surface area (Å²) in [7, 11) is 1.85. The zero-order valence-electron chi connectivity index (χ0n) is 8.96. The maximum absolute atomic E-state index is 12.4. The summed E-state index contributed by atoms with van der Waals surface area (Å²) < 4.78 is 38.6. The molecule has 0 amide bonds. The second kappa shape index (κ2) is 4.08. The molecule has 0 saturated heterocycles. The highest BCUT2D eigenvalue weighted by Crippen LogP contribution is 2.38. The molecule has 90 valence electrons. The van der Waals surface area contributed by atoms with Gasteiger partial charge in [0.05, 0.1) is 17.8 Å². The van der Waals surface area contributed by atoms with E-state index in [9.17, 15) is 13.2 Å². The molecule has 16 heavy (non-hydrogen) atoms. The predicted octanol–water partition coefficient (Wildman–Crippen LogP) is 2.07. The molecule has 1 aromatic heterocycles. The summed E-state index contributed by atoms with van der Waals surface area (Å²) in [6.07, 6.45) is -0.334. The van der Waals surface area contributed by atoms with E-state index in [0.717, 1.165) is 31.8 Å². The van der Waals surface area contributed by atoms with Gasteiger partial charge in [-0.25, -0.2) is 0 Å². The molecular formula is C10H14F3N3. The van der Waals surface area contributed by atoms with Crippen LogP contribution in [0.25, 0.3) is 0 Å². The fourth-order valence-electron chi connectivity index (χ4n) is 2.07. The fraction of sp³-hybridized carbons (Fsp3) is 0.700. The van der Waals surface area contributed by atoms with Gasteiger partial charge in [-0.15, -0.1) is 0 Å². The highest BCUT2D eigenvalue weighted by molar-refractivity contribution is 5.09. The van der Waals surface area contributed by atoms with Gasteiger partial charge < -0.3 is 5.32 Å². The molecule has 0 radical (unpaired) electrons. The largest absolute Gasteiger partial charge is 0.419 e. The molecule has 0 spiro atoms. The van der Waals surface area contributed by atoms with E-state index in [1.54, 1.807) is 0 Å². The molecular weight excluding hydrogens is 219 g/mol. The van der Waals surface area contributed by atoms with Gasteiger partial charge in [-0.3, -0.25) is 4.68 Å². The van der Waals surface area contributed by atoms with Crippen LogP contribution in [-0.4, -0.2) is 23.4 Å². The number of aromatic nitrogens is 2. The Hall–Kier alpha value is -1.04. The Morgan fingerprint density at radius 2 is 2.25 bits per heavy atom. The Morgan fingerprint density at radius 1 is 1.50 bits per heavy atom. The summed E-state index contributed by atoms with van der Waals surface area (Å²) in [5.41, 5.74) is -0.664. The van der Waals surface area contributed by atoms with Gasteiger partial charge >= 0.3 is 6.18 Å². The van der Waals surface area contributed by atoms with Gasteiger partial charge in [-0.2, -0.15) is 18.3 Å². The van der Waals surface area contributed by atoms with E-state index in [-0.39, 0.29) is 6.04 Å². The Labute approximate surface area is 91.6 Å². The minimum Gasteiger partial charge on any atom is -0.319 e. The van der Waals surface area contributed by atoms with Gasteiger partial charge in [-0.1, -0.05) is 0 Å². The lowest BCUT2D eigenvalue weighted by molar-refractivity contribution is -0.137. The van der Waals surface area contributed by atoms with Crippen LogP contribution < -0.4 is 5.32 Å². The van der Waals surface area contributed by atoms with Crippen molar-refractivity contribution >= 4 is 0 Å². The van der Waals surface area contributed by atoms with Gasteiger partial charge in [0.15, 0.2) is 0 Å². The van der Waals surface area contributed by atoms with Crippen LogP contribution in [0.2, 0.25) is 0 Å². The molecule has 2 atom stereocenters. The van der Waals surface area contributed by atoms with Gasteiger partial charge in [0.2, 0.25) is 0 Å². The first-order valence-corrected chi connectivity index (χ1v) is 5.28. The summed E-state index contributed by atoms with van der Waals surface area (Å²) in [5, 5.41) is 6.85. The lowest BCUT2D eigenvalue weighted by Gasteiger charge is -2.36. The van der Waals surface area contributed by atoms with Gasteiger partial charge in [0, 0.05) is 6.20 Å². The number of hydrogen-bond acceptors (Lipinski definition) is 2. The molecule has 2 rings (SSSR count). The zero-order valence-corrected chi connectivity index (χ0v) is 8.96. The van der Waals surface area contributed by atoms with Crippen molar-refractivity contribution in [1.82, 2.24) is 15.1 Å². The molecule has 1 fully saturated rings. The average molecular weight is 233 g/mol. The van der Waals surface area contributed by atoms with E-state index in [4.69, 9.17) is 0 Å². The first-order chi connectivity index (χ1) is 7.52. The van der Waals surface area contributed by atoms with E-state index in [1.165, 1.54) is 4.68 Å². The van der Waals surface area contributed by atoms with Crippen molar-refractivity contribution in [1.29, 1.82) is 0 Å². The standard InChI is InChI=1S/C10H14F3N3/c1-14-4-7-2-3-9(7)16-6-8(5-15-16)10(11,12)13/h5-7,9,14H,2-4H2,1H3. The van der Waals surface area contributed by atoms with Crippen molar-refractivity contribution in [3.8, 4) is 0 Å². The van der Waals surface area contributed by atoms with E-state index in [1.807, 2.05) is 7.05 Å². The van der Waals surface area contributed by atoms with Crippen LogP contribution in [0.4, 0.5) is 13.2 Å². The Balaban J connectivity index is 2.08. The minimum absolute atomic E-state index is 0.114. The lowest BCUT2D eigenvalue weighted by atomic mass is 9.79. The molecule has 3 nitrogen and oxygen atoms in total. The Kier molecular flexibility index (Phi) is 2.92. The smallest absolute Gasteiger partial charge is 0.319 e. The average Bonchev–Trinajstić information content (AvgIpc) is 2.60. The monoisotopic (exact) mass is 233 g/mol. The number of hydrogen-bond donors (Lipinski definition) is 1. The van der Waals surface area contributed by atoms with Gasteiger partial charge in [0.25, 0.3) is 0 Å². The molecule has 0 bridgehead atoms. The zero-order chi connectivity index (χ0) is 11.8. The quantitative estimate of drug-likeness (QED) is 0.866. The van der Waals surface area contributed by atoms with E-state index < -0.39 is 11.7 Å². The van der Waals surface area contributed by atoms with Crippen molar-refractivity contribution < 1.29 is 13.2 Å². The number of nitrogens with one attached hydrogen (secondary N) is 1. The first-order valence-electron chi connectivity index (χ1n) is 5.28. The summed E-state index contributed by atoms with van der Waals surface area (Å²) in [6.45, 7) is 0.825. The van der Waals surface area contributed by atoms with Crippen molar-refractivity contribution in [2.45, 2.75) is 25.1 Å². The van der Waals surface area contributed by atoms with Crippen molar-refractivity contribution in [3.05, 3.63) is 18.0 Å². The summed E-state index contributed by atoms with van der Waals surface area (Å²) in [5.74, 6) is 0.394. The van der Waals surface area contributed by atoms with Crippen molar-refractivity contribution in [2.24, 2.45) is 5.92 Å². The van der Waals surface area contributed by atoms with Crippen LogP contribution >= 0.6 is 0 Å². The van der Waals surface area contributed by atoms with Crippen molar-refractivity contribution in [2.75, 3.05) is 13.6 Å². The number of halogens is 3. The van der Waals surface area contributed by atoms with E-state index in [2.05, 4.69) is 10.4 Å². The third-order valence-corrected chi connectivity index (χ3v) is 3.11. The van der Waals surface area contributed by atoms with Crippen LogP contribution in [0.5, 0.6) is 0 Å². The predicted molar refractivity (Wildman–Crippen MR) is 52.9 cm³/mol. The number of rotatable bonds is 3. The first kappa shape index (κ1) is 11.4. The highest BCUT2D eigenvalue weighted by Gasteiger charge is 2.36. The van der Waals surface area contributed by atoms with Crippen LogP contribution in [-0.2, 0) is 6.18 Å². The maximum Gasteiger partial charge on any atom is 0.419 e. The Morgan fingerprint density at radius 3 is 2.69 bits per heavy atom. The van der Waals surface area contributed by atoms with Crippen LogP contribution in [0.1, 0.15) is 24.4 Å². The number of nitrogens with zero attached hydrogens (tertiary/aromatic N) is 2. The molecule has 1 N–H and O–H groups in total. The molecule has 1 saturated carbocycles. The molecule has 1 aliphatic carbocycles. The molecule has 2 unspecified atom stereocenters. The minimum atomic E-state index is -4.29. The van der Waals surface area contributed by atoms with Gasteiger partial charge in [0.1, 0.15) is 0 Å². The second-order valence-electron chi connectivity index (χ2n) is 4.17. The third kappa shape index (κ3) is 2.07. The van der Waals surface area contributed by atoms with Crippen molar-refractivity contribution in [3.63, 3.8) is 0 Å². The SMILES string of the molecule is CNCC1CCC1n1cc(C(F)(F)F)cn1. The van der Waals surface area contributed by atoms with Crippen LogP contribution in [0, 0.1) is 5.92 Å². The summed E-state index contributed by atoms with van der Waals surface area (Å²) in [4.78, 5) is 0. The second-order valence-corrected chi connectivity index (χ2v) is 4.17. The van der Waals surface area contributed by atoms with Crippen LogP contribution in [0.3, 0.4) is 0 Å². The number of alkyl halides is 3. The maximum atomic E-state index is 12.4. The topological polar surface area (TPSA) is 29.9 Å². The molecule has 6 heteroatoms.